The topological polar surface area (TPSA) is 138 Å². The Bertz CT molecular complexity index is 1670. The Morgan fingerprint density at radius 1 is 1.02 bits per heavy atom. The van der Waals surface area contributed by atoms with Gasteiger partial charge in [-0.3, -0.25) is 4.79 Å². The van der Waals surface area contributed by atoms with Gasteiger partial charge in [0.25, 0.3) is 0 Å². The summed E-state index contributed by atoms with van der Waals surface area (Å²) in [4.78, 5) is 23.2. The average molecular weight is 647 g/mol. The highest BCUT2D eigenvalue weighted by Crippen LogP contribution is 2.39. The van der Waals surface area contributed by atoms with E-state index < -0.39 is 12.0 Å². The third-order valence-electron chi connectivity index (χ3n) is 6.54. The van der Waals surface area contributed by atoms with Crippen LogP contribution in [0.1, 0.15) is 37.6 Å². The molecule has 2 heterocycles. The Morgan fingerprint density at radius 2 is 1.68 bits per heavy atom. The number of esters is 1. The van der Waals surface area contributed by atoms with Crippen molar-refractivity contribution < 1.29 is 14.3 Å². The van der Waals surface area contributed by atoms with Crippen LogP contribution in [0.2, 0.25) is 5.02 Å². The molecule has 0 aliphatic rings. The molecule has 0 fully saturated rings. The average Bonchev–Trinajstić information content (AvgIpc) is 3.51. The second-order valence-electron chi connectivity index (χ2n) is 9.53. The van der Waals surface area contributed by atoms with E-state index in [-0.39, 0.29) is 13.2 Å². The van der Waals surface area contributed by atoms with E-state index in [2.05, 4.69) is 12.1 Å². The van der Waals surface area contributed by atoms with Crippen molar-refractivity contribution in [3.8, 4) is 39.6 Å². The van der Waals surface area contributed by atoms with Gasteiger partial charge in [0.15, 0.2) is 0 Å². The number of pyridine rings is 1. The number of hydrogen-bond acceptors (Lipinski definition) is 11. The number of anilines is 1. The Hall–Kier alpha value is -4.13. The highest BCUT2D eigenvalue weighted by Gasteiger charge is 2.24. The number of halogens is 1. The number of nitriles is 2. The first kappa shape index (κ1) is 32.8. The van der Waals surface area contributed by atoms with Gasteiger partial charge in [0.05, 0.1) is 11.3 Å². The molecule has 44 heavy (non-hydrogen) atoms. The predicted molar refractivity (Wildman–Crippen MR) is 175 cm³/mol. The molecule has 0 spiro atoms. The first-order chi connectivity index (χ1) is 21.3. The number of hydrogen-bond donors (Lipinski definition) is 1. The smallest absolute Gasteiger partial charge is 0.322 e. The molecule has 9 nitrogen and oxygen atoms in total. The Morgan fingerprint density at radius 3 is 2.30 bits per heavy atom. The van der Waals surface area contributed by atoms with Crippen molar-refractivity contribution in [3.63, 3.8) is 0 Å². The van der Waals surface area contributed by atoms with Crippen molar-refractivity contribution in [1.82, 2.24) is 9.97 Å². The number of carbonyl (C=O) groups is 1. The van der Waals surface area contributed by atoms with Gasteiger partial charge in [0, 0.05) is 40.4 Å². The molecule has 0 amide bonds. The lowest BCUT2D eigenvalue weighted by molar-refractivity contribution is -0.145. The van der Waals surface area contributed by atoms with E-state index in [0.717, 1.165) is 16.3 Å². The van der Waals surface area contributed by atoms with Crippen LogP contribution in [0.4, 0.5) is 5.82 Å². The van der Waals surface area contributed by atoms with Crippen LogP contribution in [-0.2, 0) is 15.3 Å². The monoisotopic (exact) mass is 646 g/mol. The van der Waals surface area contributed by atoms with E-state index >= 15 is 0 Å². The number of nitrogens with two attached hydrogens (primary N) is 1. The fourth-order valence-corrected chi connectivity index (χ4v) is 6.23. The van der Waals surface area contributed by atoms with Crippen molar-refractivity contribution in [2.24, 2.45) is 5.73 Å². The molecule has 2 N–H and O–H groups in total. The lowest BCUT2D eigenvalue weighted by atomic mass is 9.96. The zero-order valence-corrected chi connectivity index (χ0v) is 26.9. The number of carbonyl (C=O) groups excluding carboxylic acids is 1. The molecule has 0 aliphatic carbocycles. The summed E-state index contributed by atoms with van der Waals surface area (Å²) in [6.45, 7) is 7.07. The molecule has 12 heteroatoms. The lowest BCUT2D eigenvalue weighted by Crippen LogP contribution is -2.29. The highest BCUT2D eigenvalue weighted by molar-refractivity contribution is 7.98. The van der Waals surface area contributed by atoms with Gasteiger partial charge in [0.1, 0.15) is 58.6 Å². The van der Waals surface area contributed by atoms with Crippen molar-refractivity contribution in [2.75, 3.05) is 31.2 Å². The second kappa shape index (κ2) is 15.6. The van der Waals surface area contributed by atoms with Gasteiger partial charge in [-0.15, -0.1) is 11.3 Å². The number of rotatable bonds is 13. The van der Waals surface area contributed by atoms with Crippen LogP contribution in [0.15, 0.2) is 58.9 Å². The van der Waals surface area contributed by atoms with E-state index in [1.807, 2.05) is 48.4 Å². The molecule has 0 bridgehead atoms. The van der Waals surface area contributed by atoms with Gasteiger partial charge in [-0.25, -0.2) is 9.97 Å². The van der Waals surface area contributed by atoms with Gasteiger partial charge < -0.3 is 20.1 Å². The van der Waals surface area contributed by atoms with Crippen LogP contribution in [-0.4, -0.2) is 48.3 Å². The molecule has 2 aromatic carbocycles. The second-order valence-corrected chi connectivity index (χ2v) is 11.8. The summed E-state index contributed by atoms with van der Waals surface area (Å²) in [6, 6.07) is 18.6. The van der Waals surface area contributed by atoms with Gasteiger partial charge in [0.2, 0.25) is 0 Å². The van der Waals surface area contributed by atoms with Crippen LogP contribution < -0.4 is 15.4 Å². The van der Waals surface area contributed by atoms with Gasteiger partial charge in [-0.2, -0.15) is 10.5 Å². The van der Waals surface area contributed by atoms with Crippen molar-refractivity contribution in [1.29, 1.82) is 10.5 Å². The van der Waals surface area contributed by atoms with Crippen molar-refractivity contribution in [2.45, 2.75) is 37.6 Å². The molecule has 1 unspecified atom stereocenters. The van der Waals surface area contributed by atoms with Gasteiger partial charge in [-0.05, 0) is 50.6 Å². The van der Waals surface area contributed by atoms with Crippen LogP contribution >= 0.6 is 34.7 Å². The van der Waals surface area contributed by atoms with Gasteiger partial charge in [-0.1, -0.05) is 47.6 Å². The fraction of sp³-hybridized carbons (Fsp3) is 0.281. The highest BCUT2D eigenvalue weighted by atomic mass is 35.5. The Balaban J connectivity index is 1.63. The third-order valence-corrected chi connectivity index (χ3v) is 8.74. The molecule has 4 rings (SSSR count). The minimum atomic E-state index is -0.698. The van der Waals surface area contributed by atoms with Crippen LogP contribution in [0.5, 0.6) is 5.75 Å². The third kappa shape index (κ3) is 7.87. The summed E-state index contributed by atoms with van der Waals surface area (Å²) in [5, 5.41) is 24.7. The maximum Gasteiger partial charge on any atom is 0.322 e. The summed E-state index contributed by atoms with van der Waals surface area (Å²) >= 11 is 8.99. The molecule has 2 aromatic heterocycles. The summed E-state index contributed by atoms with van der Waals surface area (Å²) < 4.78 is 10.8. The number of thiazole rings is 1. The lowest BCUT2D eigenvalue weighted by Gasteiger charge is -2.24. The summed E-state index contributed by atoms with van der Waals surface area (Å²) in [7, 11) is 0. The minimum absolute atomic E-state index is 0.0671. The molecule has 4 aromatic rings. The van der Waals surface area contributed by atoms with Crippen LogP contribution in [0.3, 0.4) is 0 Å². The summed E-state index contributed by atoms with van der Waals surface area (Å²) in [6.07, 6.45) is 0. The van der Waals surface area contributed by atoms with Crippen molar-refractivity contribution >= 4 is 46.5 Å². The number of ether oxygens (including phenoxy) is 2. The molecule has 226 valence electrons. The molecular formula is C32H31ClN6O3S2. The maximum atomic E-state index is 11.5. The number of aromatic nitrogens is 2. The van der Waals surface area contributed by atoms with Crippen LogP contribution in [0, 0.1) is 22.7 Å². The summed E-state index contributed by atoms with van der Waals surface area (Å²) in [5.74, 6) is 1.08. The van der Waals surface area contributed by atoms with E-state index in [9.17, 15) is 15.3 Å². The van der Waals surface area contributed by atoms with E-state index in [4.69, 9.17) is 36.8 Å². The number of nitrogens with zero attached hydrogens (tertiary/aromatic N) is 5. The van der Waals surface area contributed by atoms with E-state index in [0.29, 0.717) is 62.7 Å². The Labute approximate surface area is 270 Å². The van der Waals surface area contributed by atoms with E-state index in [1.54, 1.807) is 31.2 Å². The zero-order valence-electron chi connectivity index (χ0n) is 24.5. The first-order valence-corrected chi connectivity index (χ1v) is 16.2. The Kier molecular flexibility index (Phi) is 11.6. The molecular weight excluding hydrogens is 616 g/mol. The maximum absolute atomic E-state index is 11.5. The van der Waals surface area contributed by atoms with Crippen LogP contribution in [0.25, 0.3) is 21.7 Å². The quantitative estimate of drug-likeness (QED) is 0.0951. The molecule has 0 radical (unpaired) electrons. The normalized spacial score (nSPS) is 11.3. The number of benzene rings is 2. The zero-order chi connectivity index (χ0) is 31.6. The largest absolute Gasteiger partial charge is 0.490 e. The molecule has 1 atom stereocenters. The summed E-state index contributed by atoms with van der Waals surface area (Å²) in [5.41, 5.74) is 9.22. The molecule has 0 saturated heterocycles. The van der Waals surface area contributed by atoms with Crippen molar-refractivity contribution in [3.05, 3.63) is 75.8 Å². The van der Waals surface area contributed by atoms with Gasteiger partial charge >= 0.3 is 5.97 Å². The predicted octanol–water partition coefficient (Wildman–Crippen LogP) is 6.68. The first-order valence-electron chi connectivity index (χ1n) is 13.9. The molecule has 0 saturated carbocycles. The standard InChI is InChI=1S/C32H31ClN6O3S2/c1-4-39(5-2)29-26(16-34)28(21-8-12-25(13-9-21)41-14-15-42-32(40)20(3)36)27(17-35)31(38-29)44-19-24-18-43-30(37-24)22-6-10-23(33)11-7-22/h6-13,18,20H,4-5,14-15,19,36H2,1-3H3. The SMILES string of the molecule is CCN(CC)c1nc(SCc2csc(-c3ccc(Cl)cc3)n2)c(C#N)c(-c2ccc(OCCOC(=O)C(C)N)cc2)c1C#N. The number of thioether (sulfide) groups is 1. The van der Waals surface area contributed by atoms with E-state index in [1.165, 1.54) is 23.1 Å². The molecule has 0 aliphatic heterocycles. The fourth-order valence-electron chi connectivity index (χ4n) is 4.30. The minimum Gasteiger partial charge on any atom is -0.490 e.